The zero-order valence-corrected chi connectivity index (χ0v) is 14.3. The molecule has 1 aromatic heterocycles. The van der Waals surface area contributed by atoms with E-state index in [0.29, 0.717) is 10.9 Å². The van der Waals surface area contributed by atoms with Crippen molar-refractivity contribution in [3.05, 3.63) is 24.3 Å². The highest BCUT2D eigenvalue weighted by atomic mass is 32.2. The van der Waals surface area contributed by atoms with Gasteiger partial charge in [-0.1, -0.05) is 35.2 Å². The van der Waals surface area contributed by atoms with Gasteiger partial charge in [0.05, 0.1) is 18.6 Å². The monoisotopic (exact) mass is 338 g/mol. The minimum Gasteiger partial charge on any atom is -0.495 e. The molecule has 118 valence electrons. The average Bonchev–Trinajstić information content (AvgIpc) is 2.93. The molecular weight excluding hydrogens is 320 g/mol. The number of anilines is 2. The van der Waals surface area contributed by atoms with Gasteiger partial charge in [-0.05, 0) is 26.0 Å². The summed E-state index contributed by atoms with van der Waals surface area (Å²) in [7, 11) is 1.62. The van der Waals surface area contributed by atoms with E-state index >= 15 is 0 Å². The quantitative estimate of drug-likeness (QED) is 0.756. The first-order chi connectivity index (χ1) is 10.6. The molecule has 0 atom stereocenters. The minimum absolute atomic E-state index is 0.00515. The van der Waals surface area contributed by atoms with Crippen LogP contribution in [0, 0.1) is 0 Å². The highest BCUT2D eigenvalue weighted by Gasteiger charge is 2.10. The summed E-state index contributed by atoms with van der Waals surface area (Å²) in [4.78, 5) is 11.6. The van der Waals surface area contributed by atoms with Gasteiger partial charge in [0, 0.05) is 6.04 Å². The van der Waals surface area contributed by atoms with E-state index in [-0.39, 0.29) is 11.9 Å². The molecule has 1 heterocycles. The maximum atomic E-state index is 11.6. The third-order valence-electron chi connectivity index (χ3n) is 2.53. The van der Waals surface area contributed by atoms with E-state index in [1.807, 2.05) is 38.1 Å². The van der Waals surface area contributed by atoms with Crippen LogP contribution in [-0.4, -0.2) is 35.0 Å². The largest absolute Gasteiger partial charge is 0.495 e. The van der Waals surface area contributed by atoms with Gasteiger partial charge in [-0.3, -0.25) is 4.79 Å². The lowest BCUT2D eigenvalue weighted by Gasteiger charge is -2.07. The molecule has 0 radical (unpaired) electrons. The lowest BCUT2D eigenvalue weighted by atomic mass is 10.3. The zero-order valence-electron chi connectivity index (χ0n) is 12.6. The van der Waals surface area contributed by atoms with Gasteiger partial charge in [0.1, 0.15) is 5.75 Å². The Bertz CT molecular complexity index is 631. The number of rotatable bonds is 7. The Morgan fingerprint density at radius 1 is 1.36 bits per heavy atom. The topological polar surface area (TPSA) is 76.1 Å². The molecule has 0 bridgehead atoms. The Kier molecular flexibility index (Phi) is 6.02. The second kappa shape index (κ2) is 8.00. The first-order valence-electron chi connectivity index (χ1n) is 6.74. The average molecular weight is 338 g/mol. The second-order valence-electron chi connectivity index (χ2n) is 4.71. The molecule has 6 nitrogen and oxygen atoms in total. The maximum Gasteiger partial charge on any atom is 0.230 e. The van der Waals surface area contributed by atoms with Gasteiger partial charge < -0.3 is 15.4 Å². The highest BCUT2D eigenvalue weighted by molar-refractivity contribution is 8.01. The molecule has 8 heteroatoms. The van der Waals surface area contributed by atoms with Crippen molar-refractivity contribution >= 4 is 39.8 Å². The molecule has 0 fully saturated rings. The van der Waals surface area contributed by atoms with E-state index < -0.39 is 0 Å². The number of methoxy groups -OCH3 is 1. The standard InChI is InChI=1S/C14H18N4O2S2/c1-9(2)15-12(19)8-21-14-18-17-13(22-14)16-10-6-4-5-7-11(10)20-3/h4-7,9H,8H2,1-3H3,(H,15,19)(H,16,17). The van der Waals surface area contributed by atoms with Crippen LogP contribution < -0.4 is 15.4 Å². The van der Waals surface area contributed by atoms with E-state index in [1.54, 1.807) is 7.11 Å². The number of carbonyl (C=O) groups is 1. The normalized spacial score (nSPS) is 10.5. The Morgan fingerprint density at radius 2 is 2.14 bits per heavy atom. The van der Waals surface area contributed by atoms with Crippen LogP contribution in [0.2, 0.25) is 0 Å². The van der Waals surface area contributed by atoms with Crippen LogP contribution in [0.5, 0.6) is 5.75 Å². The number of hydrogen-bond acceptors (Lipinski definition) is 7. The van der Waals surface area contributed by atoms with Crippen LogP contribution in [0.25, 0.3) is 0 Å². The van der Waals surface area contributed by atoms with Crippen LogP contribution in [0.15, 0.2) is 28.6 Å². The van der Waals surface area contributed by atoms with E-state index in [4.69, 9.17) is 4.74 Å². The van der Waals surface area contributed by atoms with E-state index in [0.717, 1.165) is 15.8 Å². The van der Waals surface area contributed by atoms with Crippen molar-refractivity contribution in [2.75, 3.05) is 18.2 Å². The molecule has 2 N–H and O–H groups in total. The first kappa shape index (κ1) is 16.6. The predicted molar refractivity (Wildman–Crippen MR) is 90.2 cm³/mol. The Morgan fingerprint density at radius 3 is 2.86 bits per heavy atom. The van der Waals surface area contributed by atoms with Crippen molar-refractivity contribution in [1.82, 2.24) is 15.5 Å². The molecule has 2 rings (SSSR count). The van der Waals surface area contributed by atoms with Gasteiger partial charge in [0.15, 0.2) is 4.34 Å². The number of benzene rings is 1. The number of nitrogens with one attached hydrogen (secondary N) is 2. The summed E-state index contributed by atoms with van der Waals surface area (Å²) >= 11 is 2.78. The lowest BCUT2D eigenvalue weighted by molar-refractivity contribution is -0.119. The van der Waals surface area contributed by atoms with Crippen molar-refractivity contribution in [2.24, 2.45) is 0 Å². The fourth-order valence-corrected chi connectivity index (χ4v) is 3.25. The van der Waals surface area contributed by atoms with Gasteiger partial charge in [-0.2, -0.15) is 0 Å². The van der Waals surface area contributed by atoms with Crippen LogP contribution >= 0.6 is 23.1 Å². The van der Waals surface area contributed by atoms with Crippen LogP contribution in [0.4, 0.5) is 10.8 Å². The van der Waals surface area contributed by atoms with Gasteiger partial charge in [0.25, 0.3) is 0 Å². The molecule has 0 saturated heterocycles. The van der Waals surface area contributed by atoms with Crippen molar-refractivity contribution in [1.29, 1.82) is 0 Å². The van der Waals surface area contributed by atoms with Gasteiger partial charge in [0.2, 0.25) is 11.0 Å². The molecule has 0 aliphatic carbocycles. The molecule has 0 spiro atoms. The van der Waals surface area contributed by atoms with Gasteiger partial charge in [-0.25, -0.2) is 0 Å². The Hall–Kier alpha value is -1.80. The first-order valence-corrected chi connectivity index (χ1v) is 8.54. The number of amides is 1. The molecule has 1 amide bonds. The summed E-state index contributed by atoms with van der Waals surface area (Å²) in [5, 5.41) is 14.8. The molecule has 0 aliphatic heterocycles. The summed E-state index contributed by atoms with van der Waals surface area (Å²) in [6.45, 7) is 3.87. The number of hydrogen-bond donors (Lipinski definition) is 2. The van der Waals surface area contributed by atoms with Crippen LogP contribution in [0.3, 0.4) is 0 Å². The fraction of sp³-hybridized carbons (Fsp3) is 0.357. The Labute approximate surface area is 137 Å². The van der Waals surface area contributed by atoms with Crippen molar-refractivity contribution in [2.45, 2.75) is 24.2 Å². The summed E-state index contributed by atoms with van der Waals surface area (Å²) in [5.74, 6) is 1.07. The lowest BCUT2D eigenvalue weighted by Crippen LogP contribution is -2.31. The number of para-hydroxylation sites is 2. The smallest absolute Gasteiger partial charge is 0.230 e. The van der Waals surface area contributed by atoms with Gasteiger partial charge in [-0.15, -0.1) is 10.2 Å². The molecule has 0 unspecified atom stereocenters. The number of ether oxygens (including phenoxy) is 1. The summed E-state index contributed by atoms with van der Waals surface area (Å²) in [5.41, 5.74) is 0.829. The van der Waals surface area contributed by atoms with E-state index in [1.165, 1.54) is 23.1 Å². The predicted octanol–water partition coefficient (Wildman–Crippen LogP) is 2.91. The van der Waals surface area contributed by atoms with Gasteiger partial charge >= 0.3 is 0 Å². The fourth-order valence-electron chi connectivity index (χ4n) is 1.67. The molecule has 0 aliphatic rings. The third-order valence-corrected chi connectivity index (χ3v) is 4.50. The van der Waals surface area contributed by atoms with Crippen molar-refractivity contribution < 1.29 is 9.53 Å². The number of nitrogens with zero attached hydrogens (tertiary/aromatic N) is 2. The Balaban J connectivity index is 1.93. The molecule has 0 saturated carbocycles. The summed E-state index contributed by atoms with van der Waals surface area (Å²) in [6.07, 6.45) is 0. The molecule has 22 heavy (non-hydrogen) atoms. The summed E-state index contributed by atoms with van der Waals surface area (Å²) < 4.78 is 6.02. The summed E-state index contributed by atoms with van der Waals surface area (Å²) in [6, 6.07) is 7.74. The van der Waals surface area contributed by atoms with Crippen LogP contribution in [0.1, 0.15) is 13.8 Å². The minimum atomic E-state index is -0.00515. The van der Waals surface area contributed by atoms with Crippen LogP contribution in [-0.2, 0) is 4.79 Å². The van der Waals surface area contributed by atoms with E-state index in [2.05, 4.69) is 20.8 Å². The molecular formula is C14H18N4O2S2. The molecule has 2 aromatic rings. The second-order valence-corrected chi connectivity index (χ2v) is 6.91. The highest BCUT2D eigenvalue weighted by Crippen LogP contribution is 2.31. The van der Waals surface area contributed by atoms with E-state index in [9.17, 15) is 4.79 Å². The van der Waals surface area contributed by atoms with Crippen molar-refractivity contribution in [3.63, 3.8) is 0 Å². The zero-order chi connectivity index (χ0) is 15.9. The number of thioether (sulfide) groups is 1. The molecule has 1 aromatic carbocycles. The maximum absolute atomic E-state index is 11.6. The third kappa shape index (κ3) is 4.88. The number of aromatic nitrogens is 2. The number of carbonyl (C=O) groups excluding carboxylic acids is 1. The van der Waals surface area contributed by atoms with Crippen molar-refractivity contribution in [3.8, 4) is 5.75 Å². The SMILES string of the molecule is COc1ccccc1Nc1nnc(SCC(=O)NC(C)C)s1.